The molecule has 0 saturated carbocycles. The second-order valence-electron chi connectivity index (χ2n) is 4.25. The normalized spacial score (nSPS) is 12.3. The molecule has 0 aliphatic rings. The second kappa shape index (κ2) is 5.51. The Bertz CT molecular complexity index is 465. The van der Waals surface area contributed by atoms with Crippen molar-refractivity contribution in [3.05, 3.63) is 65.7 Å². The van der Waals surface area contributed by atoms with Crippen molar-refractivity contribution >= 4 is 5.69 Å². The minimum absolute atomic E-state index is 0.0795. The number of aryl methyl sites for hydroxylation is 1. The van der Waals surface area contributed by atoms with Crippen molar-refractivity contribution in [2.45, 2.75) is 18.9 Å². The number of benzene rings is 2. The lowest BCUT2D eigenvalue weighted by Gasteiger charge is -2.12. The summed E-state index contributed by atoms with van der Waals surface area (Å²) in [5.41, 5.74) is 15.3. The Hall–Kier alpha value is -1.80. The third-order valence-electron chi connectivity index (χ3n) is 3.01. The maximum Gasteiger partial charge on any atom is 0.0346 e. The van der Waals surface area contributed by atoms with Gasteiger partial charge in [-0.2, -0.15) is 0 Å². The van der Waals surface area contributed by atoms with Crippen LogP contribution in [0.1, 0.15) is 23.6 Å². The van der Waals surface area contributed by atoms with Crippen LogP contribution in [0.5, 0.6) is 0 Å². The van der Waals surface area contributed by atoms with Crippen LogP contribution in [0.4, 0.5) is 5.69 Å². The molecule has 0 unspecified atom stereocenters. The van der Waals surface area contributed by atoms with Crippen molar-refractivity contribution in [2.75, 3.05) is 5.73 Å². The third-order valence-corrected chi connectivity index (χ3v) is 3.01. The predicted molar refractivity (Wildman–Crippen MR) is 72.5 cm³/mol. The zero-order chi connectivity index (χ0) is 12.1. The molecule has 0 aliphatic heterocycles. The van der Waals surface area contributed by atoms with Crippen LogP contribution < -0.4 is 11.5 Å². The SMILES string of the molecule is Nc1ccccc1CC[C@@H](N)c1ccccc1. The van der Waals surface area contributed by atoms with Crippen LogP contribution in [-0.2, 0) is 6.42 Å². The first-order chi connectivity index (χ1) is 8.27. The number of hydrogen-bond acceptors (Lipinski definition) is 2. The van der Waals surface area contributed by atoms with E-state index >= 15 is 0 Å². The van der Waals surface area contributed by atoms with Gasteiger partial charge in [-0.05, 0) is 30.0 Å². The van der Waals surface area contributed by atoms with Gasteiger partial charge in [-0.15, -0.1) is 0 Å². The van der Waals surface area contributed by atoms with Crippen LogP contribution in [0.2, 0.25) is 0 Å². The Morgan fingerprint density at radius 2 is 1.53 bits per heavy atom. The molecular formula is C15H18N2. The summed E-state index contributed by atoms with van der Waals surface area (Å²) in [6.45, 7) is 0. The van der Waals surface area contributed by atoms with Gasteiger partial charge in [0, 0.05) is 11.7 Å². The van der Waals surface area contributed by atoms with Gasteiger partial charge in [-0.25, -0.2) is 0 Å². The molecule has 2 heteroatoms. The summed E-state index contributed by atoms with van der Waals surface area (Å²) < 4.78 is 0. The number of nitrogens with two attached hydrogens (primary N) is 2. The molecule has 0 spiro atoms. The molecule has 0 fully saturated rings. The fourth-order valence-electron chi connectivity index (χ4n) is 1.94. The molecule has 0 aromatic heterocycles. The summed E-state index contributed by atoms with van der Waals surface area (Å²) in [7, 11) is 0. The number of hydrogen-bond donors (Lipinski definition) is 2. The van der Waals surface area contributed by atoms with Crippen molar-refractivity contribution in [2.24, 2.45) is 5.73 Å². The van der Waals surface area contributed by atoms with Crippen LogP contribution in [-0.4, -0.2) is 0 Å². The molecule has 2 aromatic rings. The molecule has 0 heterocycles. The largest absolute Gasteiger partial charge is 0.399 e. The second-order valence-corrected chi connectivity index (χ2v) is 4.25. The average molecular weight is 226 g/mol. The fourth-order valence-corrected chi connectivity index (χ4v) is 1.94. The fraction of sp³-hybridized carbons (Fsp3) is 0.200. The number of nitrogen functional groups attached to an aromatic ring is 1. The van der Waals surface area contributed by atoms with Crippen LogP contribution >= 0.6 is 0 Å². The Morgan fingerprint density at radius 1 is 0.882 bits per heavy atom. The molecule has 4 N–H and O–H groups in total. The van der Waals surface area contributed by atoms with Gasteiger partial charge in [0.05, 0.1) is 0 Å². The van der Waals surface area contributed by atoms with Crippen LogP contribution in [0.25, 0.3) is 0 Å². The van der Waals surface area contributed by atoms with Crippen molar-refractivity contribution in [1.29, 1.82) is 0 Å². The van der Waals surface area contributed by atoms with Crippen molar-refractivity contribution in [1.82, 2.24) is 0 Å². The van der Waals surface area contributed by atoms with Gasteiger partial charge in [-0.3, -0.25) is 0 Å². The molecule has 2 nitrogen and oxygen atoms in total. The van der Waals surface area contributed by atoms with E-state index in [1.54, 1.807) is 0 Å². The molecule has 88 valence electrons. The van der Waals surface area contributed by atoms with Crippen LogP contribution in [0.3, 0.4) is 0 Å². The quantitative estimate of drug-likeness (QED) is 0.788. The average Bonchev–Trinajstić information content (AvgIpc) is 2.38. The van der Waals surface area contributed by atoms with Crippen LogP contribution in [0, 0.1) is 0 Å². The summed E-state index contributed by atoms with van der Waals surface area (Å²) in [6.07, 6.45) is 1.83. The first-order valence-corrected chi connectivity index (χ1v) is 5.91. The number of para-hydroxylation sites is 1. The molecule has 17 heavy (non-hydrogen) atoms. The highest BCUT2D eigenvalue weighted by atomic mass is 14.6. The summed E-state index contributed by atoms with van der Waals surface area (Å²) in [4.78, 5) is 0. The smallest absolute Gasteiger partial charge is 0.0346 e. The lowest BCUT2D eigenvalue weighted by molar-refractivity contribution is 0.652. The molecule has 0 aliphatic carbocycles. The van der Waals surface area contributed by atoms with E-state index in [4.69, 9.17) is 11.5 Å². The molecule has 0 radical (unpaired) electrons. The Labute approximate surface area is 102 Å². The topological polar surface area (TPSA) is 52.0 Å². The first kappa shape index (κ1) is 11.7. The lowest BCUT2D eigenvalue weighted by Crippen LogP contribution is -2.11. The maximum atomic E-state index is 6.15. The van der Waals surface area contributed by atoms with Gasteiger partial charge < -0.3 is 11.5 Å². The Morgan fingerprint density at radius 3 is 2.24 bits per heavy atom. The highest BCUT2D eigenvalue weighted by Crippen LogP contribution is 2.19. The van der Waals surface area contributed by atoms with Crippen molar-refractivity contribution in [3.8, 4) is 0 Å². The Kier molecular flexibility index (Phi) is 3.78. The highest BCUT2D eigenvalue weighted by molar-refractivity contribution is 5.46. The monoisotopic (exact) mass is 226 g/mol. The molecule has 0 bridgehead atoms. The maximum absolute atomic E-state index is 6.15. The molecule has 2 rings (SSSR count). The minimum Gasteiger partial charge on any atom is -0.399 e. The van der Waals surface area contributed by atoms with Gasteiger partial charge in [0.1, 0.15) is 0 Å². The highest BCUT2D eigenvalue weighted by Gasteiger charge is 2.06. The number of anilines is 1. The number of rotatable bonds is 4. The van der Waals surface area contributed by atoms with Crippen LogP contribution in [0.15, 0.2) is 54.6 Å². The van der Waals surface area contributed by atoms with Gasteiger partial charge in [-0.1, -0.05) is 48.5 Å². The van der Waals surface area contributed by atoms with Gasteiger partial charge >= 0.3 is 0 Å². The summed E-state index contributed by atoms with van der Waals surface area (Å²) in [5.74, 6) is 0. The first-order valence-electron chi connectivity index (χ1n) is 5.91. The van der Waals surface area contributed by atoms with E-state index in [0.717, 1.165) is 18.5 Å². The van der Waals surface area contributed by atoms with Crippen molar-refractivity contribution in [3.63, 3.8) is 0 Å². The van der Waals surface area contributed by atoms with Gasteiger partial charge in [0.15, 0.2) is 0 Å². The molecular weight excluding hydrogens is 208 g/mol. The summed E-state index contributed by atoms with van der Waals surface area (Å²) in [5, 5.41) is 0. The van der Waals surface area contributed by atoms with Crippen molar-refractivity contribution < 1.29 is 0 Å². The molecule has 1 atom stereocenters. The molecule has 2 aromatic carbocycles. The molecule has 0 saturated heterocycles. The van der Waals surface area contributed by atoms with E-state index in [9.17, 15) is 0 Å². The standard InChI is InChI=1S/C15H18N2/c16-14-9-5-4-8-13(14)10-11-15(17)12-6-2-1-3-7-12/h1-9,15H,10-11,16-17H2/t15-/m1/s1. The van der Waals surface area contributed by atoms with E-state index in [1.807, 2.05) is 36.4 Å². The zero-order valence-electron chi connectivity index (χ0n) is 9.84. The summed E-state index contributed by atoms with van der Waals surface area (Å²) in [6, 6.07) is 18.2. The predicted octanol–water partition coefficient (Wildman–Crippen LogP) is 2.90. The van der Waals surface area contributed by atoms with Gasteiger partial charge in [0.2, 0.25) is 0 Å². The van der Waals surface area contributed by atoms with Gasteiger partial charge in [0.25, 0.3) is 0 Å². The zero-order valence-corrected chi connectivity index (χ0v) is 9.84. The van der Waals surface area contributed by atoms with E-state index in [2.05, 4.69) is 18.2 Å². The third kappa shape index (κ3) is 3.08. The Balaban J connectivity index is 1.97. The minimum atomic E-state index is 0.0795. The van der Waals surface area contributed by atoms with E-state index in [1.165, 1.54) is 11.1 Å². The van der Waals surface area contributed by atoms with E-state index in [-0.39, 0.29) is 6.04 Å². The van der Waals surface area contributed by atoms with E-state index in [0.29, 0.717) is 0 Å². The van der Waals surface area contributed by atoms with E-state index < -0.39 is 0 Å². The summed E-state index contributed by atoms with van der Waals surface area (Å²) >= 11 is 0. The lowest BCUT2D eigenvalue weighted by atomic mass is 9.99. The molecule has 0 amide bonds.